The third kappa shape index (κ3) is 4.18. The number of rotatable bonds is 4. The summed E-state index contributed by atoms with van der Waals surface area (Å²) in [5.74, 6) is -0.120. The Kier molecular flexibility index (Phi) is 4.69. The Morgan fingerprint density at radius 3 is 2.65 bits per heavy atom. The number of thiophene rings is 1. The number of hydrogen-bond acceptors (Lipinski definition) is 2. The molecular formula is C20H19NOS. The predicted molar refractivity (Wildman–Crippen MR) is 101 cm³/mol. The van der Waals surface area contributed by atoms with Crippen molar-refractivity contribution in [3.05, 3.63) is 83.2 Å². The molecule has 0 saturated carbocycles. The Morgan fingerprint density at radius 2 is 1.87 bits per heavy atom. The number of anilines is 1. The molecule has 2 nitrogen and oxygen atoms in total. The molecule has 0 aliphatic heterocycles. The van der Waals surface area contributed by atoms with Gasteiger partial charge in [0.05, 0.1) is 0 Å². The van der Waals surface area contributed by atoms with Crippen LogP contribution in [0.5, 0.6) is 0 Å². The lowest BCUT2D eigenvalue weighted by Gasteiger charge is -2.02. The molecule has 0 aliphatic carbocycles. The van der Waals surface area contributed by atoms with E-state index in [2.05, 4.69) is 23.5 Å². The number of aryl methyl sites for hydroxylation is 1. The minimum Gasteiger partial charge on any atom is -0.323 e. The quantitative estimate of drug-likeness (QED) is 0.621. The van der Waals surface area contributed by atoms with E-state index in [0.717, 1.165) is 16.1 Å². The average molecular weight is 321 g/mol. The fraction of sp³-hybridized carbons (Fsp3) is 0.0500. The molecule has 0 fully saturated rings. The normalized spacial score (nSPS) is 10.8. The van der Waals surface area contributed by atoms with Crippen LogP contribution in [0.25, 0.3) is 16.5 Å². The molecule has 3 aromatic rings. The van der Waals surface area contributed by atoms with Crippen LogP contribution in [-0.2, 0) is 4.79 Å². The maximum absolute atomic E-state index is 12.0. The van der Waals surface area contributed by atoms with Gasteiger partial charge in [-0.1, -0.05) is 42.5 Å². The van der Waals surface area contributed by atoms with Gasteiger partial charge in [0.25, 0.3) is 0 Å². The Hall–Kier alpha value is -2.65. The second-order valence-electron chi connectivity index (χ2n) is 5.26. The molecule has 2 aromatic carbocycles. The van der Waals surface area contributed by atoms with Gasteiger partial charge in [-0.05, 0) is 48.4 Å². The van der Waals surface area contributed by atoms with E-state index in [1.165, 1.54) is 10.4 Å². The Balaban J connectivity index is 0.00000208. The largest absolute Gasteiger partial charge is 0.323 e. The van der Waals surface area contributed by atoms with Gasteiger partial charge in [0, 0.05) is 22.9 Å². The third-order valence-corrected chi connectivity index (χ3v) is 4.47. The van der Waals surface area contributed by atoms with Gasteiger partial charge >= 0.3 is 0 Å². The zero-order chi connectivity index (χ0) is 16.1. The second-order valence-corrected chi connectivity index (χ2v) is 6.38. The summed E-state index contributed by atoms with van der Waals surface area (Å²) in [7, 11) is 0. The zero-order valence-electron chi connectivity index (χ0n) is 12.8. The van der Waals surface area contributed by atoms with Crippen molar-refractivity contribution in [2.75, 3.05) is 5.32 Å². The predicted octanol–water partition coefficient (Wildman–Crippen LogP) is 5.62. The first-order valence-corrected chi connectivity index (χ1v) is 8.23. The summed E-state index contributed by atoms with van der Waals surface area (Å²) >= 11 is 1.67. The first-order chi connectivity index (χ1) is 11.2. The van der Waals surface area contributed by atoms with Gasteiger partial charge in [-0.3, -0.25) is 4.79 Å². The highest BCUT2D eigenvalue weighted by Gasteiger charge is 2.02. The topological polar surface area (TPSA) is 29.1 Å². The van der Waals surface area contributed by atoms with Gasteiger partial charge in [-0.15, -0.1) is 11.3 Å². The summed E-state index contributed by atoms with van der Waals surface area (Å²) in [4.78, 5) is 14.2. The minimum absolute atomic E-state index is 0. The maximum atomic E-state index is 12.0. The summed E-state index contributed by atoms with van der Waals surface area (Å²) in [6, 6.07) is 22.1. The lowest BCUT2D eigenvalue weighted by Crippen LogP contribution is -2.07. The number of carbonyl (C=O) groups excluding carboxylic acids is 1. The Labute approximate surface area is 141 Å². The highest BCUT2D eigenvalue weighted by atomic mass is 32.1. The molecule has 0 saturated heterocycles. The van der Waals surface area contributed by atoms with E-state index in [1.807, 2.05) is 61.5 Å². The van der Waals surface area contributed by atoms with Gasteiger partial charge < -0.3 is 5.32 Å². The maximum Gasteiger partial charge on any atom is 0.248 e. The van der Waals surface area contributed by atoms with Gasteiger partial charge in [0.2, 0.25) is 5.91 Å². The van der Waals surface area contributed by atoms with Crippen molar-refractivity contribution in [2.45, 2.75) is 6.92 Å². The SMILES string of the molecule is Cc1cccc(NC(=O)/C=C/c2ccc(-c3ccccc3)s2)c1.[HH]. The number of hydrogen-bond donors (Lipinski definition) is 1. The van der Waals surface area contributed by atoms with Crippen LogP contribution >= 0.6 is 11.3 Å². The molecule has 1 N–H and O–H groups in total. The van der Waals surface area contributed by atoms with Gasteiger partial charge in [-0.2, -0.15) is 0 Å². The molecule has 3 heteroatoms. The van der Waals surface area contributed by atoms with Crippen LogP contribution < -0.4 is 5.32 Å². The molecular weight excluding hydrogens is 302 g/mol. The molecule has 1 amide bonds. The highest BCUT2D eigenvalue weighted by molar-refractivity contribution is 7.16. The van der Waals surface area contributed by atoms with E-state index in [0.29, 0.717) is 0 Å². The Bertz CT molecular complexity index is 840. The first kappa shape index (κ1) is 15.3. The van der Waals surface area contributed by atoms with Gasteiger partial charge in [0.1, 0.15) is 0 Å². The molecule has 0 unspecified atom stereocenters. The molecule has 1 aromatic heterocycles. The summed E-state index contributed by atoms with van der Waals surface area (Å²) in [6.45, 7) is 2.00. The Morgan fingerprint density at radius 1 is 1.04 bits per heavy atom. The van der Waals surface area contributed by atoms with E-state index >= 15 is 0 Å². The van der Waals surface area contributed by atoms with Gasteiger partial charge in [-0.25, -0.2) is 0 Å². The van der Waals surface area contributed by atoms with Crippen molar-refractivity contribution in [3.8, 4) is 10.4 Å². The molecule has 116 valence electrons. The van der Waals surface area contributed by atoms with Crippen molar-refractivity contribution in [1.29, 1.82) is 0 Å². The van der Waals surface area contributed by atoms with E-state index in [9.17, 15) is 4.79 Å². The van der Waals surface area contributed by atoms with Crippen LogP contribution in [0.3, 0.4) is 0 Å². The number of amides is 1. The summed E-state index contributed by atoms with van der Waals surface area (Å²) in [6.07, 6.45) is 3.42. The zero-order valence-corrected chi connectivity index (χ0v) is 13.6. The third-order valence-electron chi connectivity index (χ3n) is 3.37. The number of nitrogens with one attached hydrogen (secondary N) is 1. The molecule has 1 heterocycles. The molecule has 3 rings (SSSR count). The van der Waals surface area contributed by atoms with E-state index < -0.39 is 0 Å². The fourth-order valence-corrected chi connectivity index (χ4v) is 3.18. The summed E-state index contributed by atoms with van der Waals surface area (Å²) in [5.41, 5.74) is 3.13. The number of benzene rings is 2. The van der Waals surface area contributed by atoms with Gasteiger partial charge in [0.15, 0.2) is 0 Å². The van der Waals surface area contributed by atoms with Crippen molar-refractivity contribution < 1.29 is 6.22 Å². The molecule has 0 bridgehead atoms. The minimum atomic E-state index is -0.120. The monoisotopic (exact) mass is 321 g/mol. The van der Waals surface area contributed by atoms with E-state index in [-0.39, 0.29) is 7.33 Å². The van der Waals surface area contributed by atoms with Crippen LogP contribution in [0.1, 0.15) is 11.9 Å². The van der Waals surface area contributed by atoms with Crippen molar-refractivity contribution >= 4 is 29.0 Å². The van der Waals surface area contributed by atoms with Crippen LogP contribution in [-0.4, -0.2) is 5.91 Å². The summed E-state index contributed by atoms with van der Waals surface area (Å²) < 4.78 is 0. The van der Waals surface area contributed by atoms with Crippen molar-refractivity contribution in [3.63, 3.8) is 0 Å². The summed E-state index contributed by atoms with van der Waals surface area (Å²) in [5, 5.41) is 2.87. The van der Waals surface area contributed by atoms with Crippen molar-refractivity contribution in [2.24, 2.45) is 0 Å². The van der Waals surface area contributed by atoms with E-state index in [4.69, 9.17) is 0 Å². The lowest BCUT2D eigenvalue weighted by molar-refractivity contribution is -0.111. The molecule has 23 heavy (non-hydrogen) atoms. The smallest absolute Gasteiger partial charge is 0.248 e. The highest BCUT2D eigenvalue weighted by Crippen LogP contribution is 2.28. The first-order valence-electron chi connectivity index (χ1n) is 7.42. The van der Waals surface area contributed by atoms with E-state index in [1.54, 1.807) is 17.4 Å². The molecule has 0 radical (unpaired) electrons. The molecule has 0 spiro atoms. The number of carbonyl (C=O) groups is 1. The van der Waals surface area contributed by atoms with Crippen LogP contribution in [0.15, 0.2) is 72.8 Å². The molecule has 0 aliphatic rings. The average Bonchev–Trinajstić information content (AvgIpc) is 3.03. The van der Waals surface area contributed by atoms with Crippen LogP contribution in [0.4, 0.5) is 5.69 Å². The lowest BCUT2D eigenvalue weighted by atomic mass is 10.2. The van der Waals surface area contributed by atoms with Crippen molar-refractivity contribution in [1.82, 2.24) is 0 Å². The standard InChI is InChI=1S/C20H17NOS.H2/c1-15-6-5-9-17(14-15)21-20(22)13-11-18-10-12-19(23-18)16-7-3-2-4-8-16;/h2-14H,1H3,(H,21,22);1H/b13-11+;. The second kappa shape index (κ2) is 7.07. The van der Waals surface area contributed by atoms with Crippen LogP contribution in [0.2, 0.25) is 0 Å². The fourth-order valence-electron chi connectivity index (χ4n) is 2.26. The van der Waals surface area contributed by atoms with Crippen LogP contribution in [0, 0.1) is 6.92 Å². The molecule has 0 atom stereocenters.